The molecule has 1 aliphatic heterocycles. The van der Waals surface area contributed by atoms with Gasteiger partial charge in [-0.2, -0.15) is 0 Å². The van der Waals surface area contributed by atoms with E-state index in [9.17, 15) is 4.79 Å². The van der Waals surface area contributed by atoms with E-state index in [1.165, 1.54) is 0 Å². The van der Waals surface area contributed by atoms with Gasteiger partial charge in [-0.3, -0.25) is 4.79 Å². The van der Waals surface area contributed by atoms with Crippen LogP contribution < -0.4 is 5.73 Å². The van der Waals surface area contributed by atoms with Crippen LogP contribution in [0.5, 0.6) is 0 Å². The number of carbonyl (C=O) groups excluding carboxylic acids is 1. The molecule has 0 aliphatic carbocycles. The summed E-state index contributed by atoms with van der Waals surface area (Å²) in [6.07, 6.45) is 3.22. The molecule has 1 aromatic carbocycles. The molecule has 98 valence electrons. The predicted molar refractivity (Wildman–Crippen MR) is 75.2 cm³/mol. The molecule has 1 fully saturated rings. The molecule has 1 heterocycles. The number of anilines is 1. The van der Waals surface area contributed by atoms with Crippen LogP contribution in [0.2, 0.25) is 10.0 Å². The molecular formula is C13H16Cl2N2O. The van der Waals surface area contributed by atoms with Crippen molar-refractivity contribution in [2.45, 2.75) is 32.2 Å². The van der Waals surface area contributed by atoms with Gasteiger partial charge in [0.05, 0.1) is 15.6 Å². The molecule has 1 unspecified atom stereocenters. The van der Waals surface area contributed by atoms with Gasteiger partial charge in [-0.05, 0) is 38.3 Å². The monoisotopic (exact) mass is 286 g/mol. The van der Waals surface area contributed by atoms with Crippen molar-refractivity contribution in [2.24, 2.45) is 0 Å². The number of nitrogen functional groups attached to an aromatic ring is 1. The number of halogens is 2. The van der Waals surface area contributed by atoms with Crippen LogP contribution in [-0.4, -0.2) is 23.4 Å². The fraction of sp³-hybridized carbons (Fsp3) is 0.462. The van der Waals surface area contributed by atoms with Gasteiger partial charge in [-0.25, -0.2) is 0 Å². The average molecular weight is 287 g/mol. The number of hydrogen-bond donors (Lipinski definition) is 1. The Labute approximate surface area is 117 Å². The standard InChI is InChI=1S/C13H16Cl2N2O/c1-8-4-2-3-5-17(8)13(18)10-6-9(16)7-11(14)12(10)15/h6-8H,2-5,16H2,1H3. The summed E-state index contributed by atoms with van der Waals surface area (Å²) in [7, 11) is 0. The third kappa shape index (κ3) is 2.57. The van der Waals surface area contributed by atoms with Gasteiger partial charge >= 0.3 is 0 Å². The Kier molecular flexibility index (Phi) is 4.03. The predicted octanol–water partition coefficient (Wildman–Crippen LogP) is 3.59. The van der Waals surface area contributed by atoms with E-state index < -0.39 is 0 Å². The van der Waals surface area contributed by atoms with E-state index in [2.05, 4.69) is 6.92 Å². The van der Waals surface area contributed by atoms with E-state index in [4.69, 9.17) is 28.9 Å². The Balaban J connectivity index is 2.33. The number of nitrogens with zero attached hydrogens (tertiary/aromatic N) is 1. The normalized spacial score (nSPS) is 19.9. The maximum Gasteiger partial charge on any atom is 0.255 e. The van der Waals surface area contributed by atoms with Crippen LogP contribution in [0.1, 0.15) is 36.5 Å². The van der Waals surface area contributed by atoms with Crippen LogP contribution in [0.3, 0.4) is 0 Å². The van der Waals surface area contributed by atoms with E-state index in [1.807, 2.05) is 4.90 Å². The summed E-state index contributed by atoms with van der Waals surface area (Å²) in [5.74, 6) is -0.0820. The lowest BCUT2D eigenvalue weighted by atomic mass is 10.0. The lowest BCUT2D eigenvalue weighted by Crippen LogP contribution is -2.42. The van der Waals surface area contributed by atoms with E-state index in [1.54, 1.807) is 12.1 Å². The number of likely N-dealkylation sites (tertiary alicyclic amines) is 1. The van der Waals surface area contributed by atoms with Gasteiger partial charge in [0.1, 0.15) is 0 Å². The minimum atomic E-state index is -0.0820. The van der Waals surface area contributed by atoms with Gasteiger partial charge in [-0.15, -0.1) is 0 Å². The zero-order valence-corrected chi connectivity index (χ0v) is 11.8. The lowest BCUT2D eigenvalue weighted by Gasteiger charge is -2.33. The molecule has 5 heteroatoms. The number of rotatable bonds is 1. The number of piperidine rings is 1. The number of nitrogens with two attached hydrogens (primary N) is 1. The van der Waals surface area contributed by atoms with Crippen molar-refractivity contribution in [2.75, 3.05) is 12.3 Å². The number of amides is 1. The Bertz CT molecular complexity index is 476. The summed E-state index contributed by atoms with van der Waals surface area (Å²) < 4.78 is 0. The molecule has 1 amide bonds. The van der Waals surface area contributed by atoms with Crippen LogP contribution in [0.4, 0.5) is 5.69 Å². The largest absolute Gasteiger partial charge is 0.399 e. The van der Waals surface area contributed by atoms with Crippen molar-refractivity contribution in [1.82, 2.24) is 4.90 Å². The summed E-state index contributed by atoms with van der Waals surface area (Å²) >= 11 is 12.0. The zero-order chi connectivity index (χ0) is 13.3. The Morgan fingerprint density at radius 1 is 1.39 bits per heavy atom. The van der Waals surface area contributed by atoms with E-state index in [0.717, 1.165) is 25.8 Å². The first-order valence-corrected chi connectivity index (χ1v) is 6.82. The minimum absolute atomic E-state index is 0.0820. The van der Waals surface area contributed by atoms with Gasteiger partial charge < -0.3 is 10.6 Å². The zero-order valence-electron chi connectivity index (χ0n) is 10.2. The van der Waals surface area contributed by atoms with Crippen molar-refractivity contribution >= 4 is 34.8 Å². The molecular weight excluding hydrogens is 271 g/mol. The molecule has 1 atom stereocenters. The first kappa shape index (κ1) is 13.5. The van der Waals surface area contributed by atoms with Crippen molar-refractivity contribution < 1.29 is 4.79 Å². The Hall–Kier alpha value is -0.930. The number of hydrogen-bond acceptors (Lipinski definition) is 2. The SMILES string of the molecule is CC1CCCCN1C(=O)c1cc(N)cc(Cl)c1Cl. The van der Waals surface area contributed by atoms with Gasteiger partial charge in [-0.1, -0.05) is 23.2 Å². The highest BCUT2D eigenvalue weighted by atomic mass is 35.5. The van der Waals surface area contributed by atoms with Crippen LogP contribution in [0.25, 0.3) is 0 Å². The van der Waals surface area contributed by atoms with Gasteiger partial charge in [0.25, 0.3) is 5.91 Å². The number of carbonyl (C=O) groups is 1. The molecule has 18 heavy (non-hydrogen) atoms. The highest BCUT2D eigenvalue weighted by Gasteiger charge is 2.26. The summed E-state index contributed by atoms with van der Waals surface area (Å²) in [5.41, 5.74) is 6.57. The third-order valence-electron chi connectivity index (χ3n) is 3.34. The number of benzene rings is 1. The maximum absolute atomic E-state index is 12.5. The molecule has 2 N–H and O–H groups in total. The Morgan fingerprint density at radius 2 is 2.11 bits per heavy atom. The molecule has 0 saturated carbocycles. The van der Waals surface area contributed by atoms with Gasteiger partial charge in [0, 0.05) is 18.3 Å². The summed E-state index contributed by atoms with van der Waals surface area (Å²) in [6, 6.07) is 3.39. The van der Waals surface area contributed by atoms with Crippen LogP contribution in [0.15, 0.2) is 12.1 Å². The van der Waals surface area contributed by atoms with Crippen LogP contribution in [-0.2, 0) is 0 Å². The summed E-state index contributed by atoms with van der Waals surface area (Å²) in [5, 5.41) is 0.610. The smallest absolute Gasteiger partial charge is 0.255 e. The summed E-state index contributed by atoms with van der Waals surface area (Å²) in [6.45, 7) is 2.82. The molecule has 0 radical (unpaired) electrons. The van der Waals surface area contributed by atoms with Crippen molar-refractivity contribution in [1.29, 1.82) is 0 Å². The van der Waals surface area contributed by atoms with Gasteiger partial charge in [0.15, 0.2) is 0 Å². The molecule has 1 saturated heterocycles. The highest BCUT2D eigenvalue weighted by Crippen LogP contribution is 2.31. The van der Waals surface area contributed by atoms with Crippen molar-refractivity contribution in [3.63, 3.8) is 0 Å². The van der Waals surface area contributed by atoms with Crippen molar-refractivity contribution in [3.8, 4) is 0 Å². The lowest BCUT2D eigenvalue weighted by molar-refractivity contribution is 0.0636. The Morgan fingerprint density at radius 3 is 2.78 bits per heavy atom. The van der Waals surface area contributed by atoms with Crippen molar-refractivity contribution in [3.05, 3.63) is 27.7 Å². The average Bonchev–Trinajstić information content (AvgIpc) is 2.33. The second kappa shape index (κ2) is 5.37. The van der Waals surface area contributed by atoms with Crippen LogP contribution in [0, 0.1) is 0 Å². The molecule has 0 bridgehead atoms. The maximum atomic E-state index is 12.5. The van der Waals surface area contributed by atoms with E-state index >= 15 is 0 Å². The first-order chi connectivity index (χ1) is 8.50. The quantitative estimate of drug-likeness (QED) is 0.802. The minimum Gasteiger partial charge on any atom is -0.399 e. The molecule has 3 nitrogen and oxygen atoms in total. The topological polar surface area (TPSA) is 46.3 Å². The first-order valence-electron chi connectivity index (χ1n) is 6.06. The van der Waals surface area contributed by atoms with E-state index in [-0.39, 0.29) is 17.0 Å². The summed E-state index contributed by atoms with van der Waals surface area (Å²) in [4.78, 5) is 14.3. The molecule has 0 aromatic heterocycles. The fourth-order valence-electron chi connectivity index (χ4n) is 2.32. The molecule has 1 aromatic rings. The molecule has 2 rings (SSSR count). The molecule has 0 spiro atoms. The van der Waals surface area contributed by atoms with Gasteiger partial charge in [0.2, 0.25) is 0 Å². The highest BCUT2D eigenvalue weighted by molar-refractivity contribution is 6.44. The second-order valence-corrected chi connectivity index (χ2v) is 5.49. The van der Waals surface area contributed by atoms with Crippen LogP contribution >= 0.6 is 23.2 Å². The third-order valence-corrected chi connectivity index (χ3v) is 4.15. The molecule has 1 aliphatic rings. The second-order valence-electron chi connectivity index (χ2n) is 4.71. The fourth-order valence-corrected chi connectivity index (χ4v) is 2.74. The van der Waals surface area contributed by atoms with E-state index in [0.29, 0.717) is 16.3 Å².